The van der Waals surface area contributed by atoms with Crippen LogP contribution < -0.4 is 10.2 Å². The molecule has 10 heteroatoms. The van der Waals surface area contributed by atoms with E-state index in [2.05, 4.69) is 34.3 Å². The van der Waals surface area contributed by atoms with Gasteiger partial charge in [0.25, 0.3) is 0 Å². The topological polar surface area (TPSA) is 96.8 Å². The molecule has 9 nitrogen and oxygen atoms in total. The summed E-state index contributed by atoms with van der Waals surface area (Å²) in [4.78, 5) is 19.9. The lowest BCUT2D eigenvalue weighted by Crippen LogP contribution is -2.40. The standard InChI is InChI=1S/C25H31N5O4S/c1-3-29-11-10-18-4-5-19(16-23(18)29)26-25(31)9-8-24-27-21-17-20(6-7-22(21)28(24)2)35(32,33)30-12-14-34-15-13-30/h4-7,16-17H,3,8-15H2,1-2H3,(H,26,31). The van der Waals surface area contributed by atoms with E-state index < -0.39 is 10.0 Å². The average Bonchev–Trinajstić information content (AvgIpc) is 3.43. The number of carbonyl (C=O) groups is 1. The molecule has 0 aliphatic carbocycles. The van der Waals surface area contributed by atoms with Gasteiger partial charge in [-0.25, -0.2) is 13.4 Å². The van der Waals surface area contributed by atoms with Crippen LogP contribution in [0.2, 0.25) is 0 Å². The van der Waals surface area contributed by atoms with Crippen molar-refractivity contribution in [3.05, 3.63) is 47.8 Å². The van der Waals surface area contributed by atoms with Gasteiger partial charge in [-0.05, 0) is 49.2 Å². The van der Waals surface area contributed by atoms with E-state index in [1.807, 2.05) is 17.7 Å². The minimum Gasteiger partial charge on any atom is -0.379 e. The Hall–Kier alpha value is -2.95. The molecule has 2 aliphatic heterocycles. The van der Waals surface area contributed by atoms with Crippen molar-refractivity contribution in [3.8, 4) is 0 Å². The number of hydrogen-bond acceptors (Lipinski definition) is 6. The van der Waals surface area contributed by atoms with Crippen LogP contribution in [0.15, 0.2) is 41.3 Å². The van der Waals surface area contributed by atoms with E-state index in [0.29, 0.717) is 38.2 Å². The highest BCUT2D eigenvalue weighted by Gasteiger charge is 2.27. The number of carbonyl (C=O) groups excluding carboxylic acids is 1. The fourth-order valence-corrected chi connectivity index (χ4v) is 6.28. The third-order valence-electron chi connectivity index (χ3n) is 6.87. The predicted octanol–water partition coefficient (Wildman–Crippen LogP) is 2.55. The largest absolute Gasteiger partial charge is 0.379 e. The molecule has 0 spiro atoms. The zero-order chi connectivity index (χ0) is 24.6. The van der Waals surface area contributed by atoms with E-state index in [4.69, 9.17) is 4.74 Å². The maximum Gasteiger partial charge on any atom is 0.243 e. The SMILES string of the molecule is CCN1CCc2ccc(NC(=O)CCc3nc4cc(S(=O)(=O)N5CCOCC5)ccc4n3C)cc21. The summed E-state index contributed by atoms with van der Waals surface area (Å²) in [6, 6.07) is 11.1. The zero-order valence-corrected chi connectivity index (χ0v) is 21.0. The lowest BCUT2D eigenvalue weighted by Gasteiger charge is -2.26. The molecule has 2 aromatic carbocycles. The lowest BCUT2D eigenvalue weighted by atomic mass is 10.1. The average molecular weight is 498 g/mol. The van der Waals surface area contributed by atoms with Gasteiger partial charge in [0.05, 0.1) is 29.1 Å². The maximum absolute atomic E-state index is 13.0. The highest BCUT2D eigenvalue weighted by Crippen LogP contribution is 2.30. The summed E-state index contributed by atoms with van der Waals surface area (Å²) in [7, 11) is -1.70. The van der Waals surface area contributed by atoms with E-state index in [-0.39, 0.29) is 17.2 Å². The van der Waals surface area contributed by atoms with Crippen LogP contribution in [0.1, 0.15) is 24.7 Å². The molecule has 0 bridgehead atoms. The number of morpholine rings is 1. The summed E-state index contributed by atoms with van der Waals surface area (Å²) in [5, 5.41) is 3.01. The number of aromatic nitrogens is 2. The number of nitrogens with one attached hydrogen (secondary N) is 1. The Bertz CT molecular complexity index is 1360. The fraction of sp³-hybridized carbons (Fsp3) is 0.440. The first-order valence-corrected chi connectivity index (χ1v) is 13.5. The third kappa shape index (κ3) is 4.65. The van der Waals surface area contributed by atoms with Crippen LogP contribution in [0.25, 0.3) is 11.0 Å². The fourth-order valence-electron chi connectivity index (χ4n) is 4.85. The molecule has 35 heavy (non-hydrogen) atoms. The van der Waals surface area contributed by atoms with Crippen molar-refractivity contribution in [2.75, 3.05) is 49.6 Å². The second-order valence-electron chi connectivity index (χ2n) is 8.98. The number of rotatable bonds is 7. The zero-order valence-electron chi connectivity index (χ0n) is 20.2. The molecule has 0 atom stereocenters. The minimum absolute atomic E-state index is 0.0753. The molecule has 5 rings (SSSR count). The number of hydrogen-bond donors (Lipinski definition) is 1. The Morgan fingerprint density at radius 3 is 2.69 bits per heavy atom. The number of aryl methyl sites for hydroxylation is 2. The van der Waals surface area contributed by atoms with Crippen LogP contribution in [0.4, 0.5) is 11.4 Å². The smallest absolute Gasteiger partial charge is 0.243 e. The maximum atomic E-state index is 13.0. The number of ether oxygens (including phenoxy) is 1. The van der Waals surface area contributed by atoms with Gasteiger partial charge in [0, 0.05) is 57.4 Å². The van der Waals surface area contributed by atoms with Crippen LogP contribution in [0.3, 0.4) is 0 Å². The molecule has 1 N–H and O–H groups in total. The van der Waals surface area contributed by atoms with Gasteiger partial charge < -0.3 is 19.5 Å². The Morgan fingerprint density at radius 2 is 1.91 bits per heavy atom. The summed E-state index contributed by atoms with van der Waals surface area (Å²) < 4.78 is 34.6. The highest BCUT2D eigenvalue weighted by molar-refractivity contribution is 7.89. The van der Waals surface area contributed by atoms with Crippen LogP contribution >= 0.6 is 0 Å². The van der Waals surface area contributed by atoms with Gasteiger partial charge in [0.15, 0.2) is 0 Å². The van der Waals surface area contributed by atoms with E-state index in [1.54, 1.807) is 18.2 Å². The van der Waals surface area contributed by atoms with E-state index in [0.717, 1.165) is 36.5 Å². The second kappa shape index (κ2) is 9.60. The number of imidazole rings is 1. The second-order valence-corrected chi connectivity index (χ2v) is 10.9. The van der Waals surface area contributed by atoms with Gasteiger partial charge in [-0.3, -0.25) is 4.79 Å². The Morgan fingerprint density at radius 1 is 1.11 bits per heavy atom. The monoisotopic (exact) mass is 497 g/mol. The van der Waals surface area contributed by atoms with Gasteiger partial charge in [-0.15, -0.1) is 0 Å². The molecule has 1 aromatic heterocycles. The first-order chi connectivity index (χ1) is 16.9. The highest BCUT2D eigenvalue weighted by atomic mass is 32.2. The van der Waals surface area contributed by atoms with Crippen molar-refractivity contribution < 1.29 is 17.9 Å². The van der Waals surface area contributed by atoms with Crippen LogP contribution in [0.5, 0.6) is 0 Å². The summed E-state index contributed by atoms with van der Waals surface area (Å²) in [6.45, 7) is 5.61. The number of fused-ring (bicyclic) bond motifs is 2. The van der Waals surface area contributed by atoms with Crippen molar-refractivity contribution in [2.24, 2.45) is 7.05 Å². The number of likely N-dealkylation sites (N-methyl/N-ethyl adjacent to an activating group) is 1. The molecule has 1 saturated heterocycles. The van der Waals surface area contributed by atoms with Crippen LogP contribution in [-0.4, -0.2) is 67.6 Å². The molecular formula is C25H31N5O4S. The van der Waals surface area contributed by atoms with Crippen molar-refractivity contribution in [2.45, 2.75) is 31.1 Å². The summed E-state index contributed by atoms with van der Waals surface area (Å²) in [5.41, 5.74) is 4.76. The molecule has 0 radical (unpaired) electrons. The van der Waals surface area contributed by atoms with Crippen LogP contribution in [0, 0.1) is 0 Å². The van der Waals surface area contributed by atoms with Crippen molar-refractivity contribution in [3.63, 3.8) is 0 Å². The van der Waals surface area contributed by atoms with E-state index in [9.17, 15) is 13.2 Å². The van der Waals surface area contributed by atoms with Gasteiger partial charge in [-0.2, -0.15) is 4.31 Å². The number of sulfonamides is 1. The molecule has 1 fully saturated rings. The quantitative estimate of drug-likeness (QED) is 0.539. The number of anilines is 2. The van der Waals surface area contributed by atoms with Gasteiger partial charge in [0.1, 0.15) is 5.82 Å². The molecule has 3 aromatic rings. The molecule has 3 heterocycles. The number of amides is 1. The molecule has 2 aliphatic rings. The summed E-state index contributed by atoms with van der Waals surface area (Å²) >= 11 is 0. The summed E-state index contributed by atoms with van der Waals surface area (Å²) in [5.74, 6) is 0.663. The van der Waals surface area contributed by atoms with Crippen molar-refractivity contribution >= 4 is 38.3 Å². The molecule has 0 saturated carbocycles. The molecular weight excluding hydrogens is 466 g/mol. The summed E-state index contributed by atoms with van der Waals surface area (Å²) in [6.07, 6.45) is 1.78. The molecule has 0 unspecified atom stereocenters. The van der Waals surface area contributed by atoms with E-state index >= 15 is 0 Å². The van der Waals surface area contributed by atoms with Crippen molar-refractivity contribution in [1.82, 2.24) is 13.9 Å². The van der Waals surface area contributed by atoms with Gasteiger partial charge >= 0.3 is 0 Å². The van der Waals surface area contributed by atoms with Gasteiger partial charge in [-0.1, -0.05) is 6.07 Å². The van der Waals surface area contributed by atoms with Gasteiger partial charge in [0.2, 0.25) is 15.9 Å². The first kappa shape index (κ1) is 23.8. The Labute approximate surface area is 205 Å². The number of benzene rings is 2. The Balaban J connectivity index is 1.27. The molecule has 1 amide bonds. The number of nitrogens with zero attached hydrogens (tertiary/aromatic N) is 4. The minimum atomic E-state index is -3.59. The predicted molar refractivity (Wildman–Crippen MR) is 135 cm³/mol. The van der Waals surface area contributed by atoms with Crippen LogP contribution in [-0.2, 0) is 39.4 Å². The Kier molecular flexibility index (Phi) is 6.52. The molecule has 186 valence electrons. The van der Waals surface area contributed by atoms with Crippen molar-refractivity contribution in [1.29, 1.82) is 0 Å². The normalized spacial score (nSPS) is 16.6. The first-order valence-electron chi connectivity index (χ1n) is 12.1. The van der Waals surface area contributed by atoms with E-state index in [1.165, 1.54) is 15.6 Å². The third-order valence-corrected chi connectivity index (χ3v) is 8.77. The lowest BCUT2D eigenvalue weighted by molar-refractivity contribution is -0.116.